The molecule has 1 aromatic heterocycles. The van der Waals surface area contributed by atoms with Crippen LogP contribution in [0.1, 0.15) is 34.9 Å². The third kappa shape index (κ3) is 6.48. The zero-order chi connectivity index (χ0) is 31.5. The van der Waals surface area contributed by atoms with E-state index in [1.54, 1.807) is 21.1 Å². The van der Waals surface area contributed by atoms with Gasteiger partial charge in [0, 0.05) is 18.2 Å². The Balaban J connectivity index is 1.59. The van der Waals surface area contributed by atoms with Crippen LogP contribution in [0.4, 0.5) is 0 Å². The van der Waals surface area contributed by atoms with Gasteiger partial charge in [-0.3, -0.25) is 18.5 Å². The summed E-state index contributed by atoms with van der Waals surface area (Å²) in [5.74, 6) is 1.33. The zero-order valence-electron chi connectivity index (χ0n) is 24.8. The molecular formula is C32H34N2O9S. The highest BCUT2D eigenvalue weighted by Gasteiger charge is 2.44. The third-order valence-electron chi connectivity index (χ3n) is 7.57. The van der Waals surface area contributed by atoms with E-state index >= 15 is 0 Å². The van der Waals surface area contributed by atoms with Crippen LogP contribution in [0.2, 0.25) is 0 Å². The van der Waals surface area contributed by atoms with E-state index in [4.69, 9.17) is 23.1 Å². The highest BCUT2D eigenvalue weighted by molar-refractivity contribution is 7.86. The zero-order valence-corrected chi connectivity index (χ0v) is 25.6. The third-order valence-corrected chi connectivity index (χ3v) is 8.17. The number of methoxy groups -OCH3 is 2. The van der Waals surface area contributed by atoms with Crippen LogP contribution in [0.3, 0.4) is 0 Å². The van der Waals surface area contributed by atoms with Crippen LogP contribution in [0.25, 0.3) is 0 Å². The highest BCUT2D eigenvalue weighted by atomic mass is 32.2. The Labute approximate surface area is 255 Å². The first-order chi connectivity index (χ1) is 21.0. The van der Waals surface area contributed by atoms with E-state index in [1.807, 2.05) is 78.9 Å². The summed E-state index contributed by atoms with van der Waals surface area (Å²) in [6, 6.07) is 24.6. The molecule has 232 valence electrons. The SMILES string of the molecule is COc1ccc(C(OC[C@H]2O[C@@H](n3cc(C)c(=O)[nH]c3=O)C[C@H]2OS(C)(=O)=O)(c2ccccc2)c2ccc(OC)cc2)cc1. The highest BCUT2D eigenvalue weighted by Crippen LogP contribution is 2.43. The first kappa shape index (κ1) is 31.2. The van der Waals surface area contributed by atoms with Gasteiger partial charge in [-0.05, 0) is 47.9 Å². The van der Waals surface area contributed by atoms with E-state index in [2.05, 4.69) is 4.98 Å². The predicted octanol–water partition coefficient (Wildman–Crippen LogP) is 3.50. The molecule has 11 nitrogen and oxygen atoms in total. The van der Waals surface area contributed by atoms with E-state index in [0.29, 0.717) is 17.1 Å². The van der Waals surface area contributed by atoms with Gasteiger partial charge in [0.15, 0.2) is 0 Å². The maximum atomic E-state index is 12.7. The molecule has 0 amide bonds. The summed E-state index contributed by atoms with van der Waals surface area (Å²) in [6.45, 7) is 1.44. The monoisotopic (exact) mass is 622 g/mol. The van der Waals surface area contributed by atoms with E-state index in [0.717, 1.165) is 22.9 Å². The lowest BCUT2D eigenvalue weighted by atomic mass is 9.80. The molecule has 1 aliphatic heterocycles. The molecule has 0 aliphatic carbocycles. The Morgan fingerprint density at radius 1 is 0.886 bits per heavy atom. The van der Waals surface area contributed by atoms with Crippen LogP contribution in [0.5, 0.6) is 11.5 Å². The minimum absolute atomic E-state index is 0.0237. The lowest BCUT2D eigenvalue weighted by molar-refractivity contribution is -0.0910. The number of hydrogen-bond donors (Lipinski definition) is 1. The van der Waals surface area contributed by atoms with Crippen molar-refractivity contribution < 1.29 is 31.5 Å². The average molecular weight is 623 g/mol. The van der Waals surface area contributed by atoms with Crippen molar-refractivity contribution in [3.63, 3.8) is 0 Å². The van der Waals surface area contributed by atoms with Gasteiger partial charge in [-0.25, -0.2) is 4.79 Å². The summed E-state index contributed by atoms with van der Waals surface area (Å²) < 4.78 is 55.2. The molecule has 1 fully saturated rings. The number of aromatic nitrogens is 2. The molecule has 0 bridgehead atoms. The first-order valence-electron chi connectivity index (χ1n) is 13.9. The molecule has 4 aromatic rings. The minimum atomic E-state index is -3.91. The van der Waals surface area contributed by atoms with Gasteiger partial charge in [-0.2, -0.15) is 8.42 Å². The number of H-pyrrole nitrogens is 1. The Morgan fingerprint density at radius 2 is 1.43 bits per heavy atom. The fourth-order valence-electron chi connectivity index (χ4n) is 5.43. The molecule has 12 heteroatoms. The van der Waals surface area contributed by atoms with E-state index in [-0.39, 0.29) is 13.0 Å². The minimum Gasteiger partial charge on any atom is -0.497 e. The fourth-order valence-corrected chi connectivity index (χ4v) is 6.08. The normalized spacial score (nSPS) is 18.7. The second-order valence-electron chi connectivity index (χ2n) is 10.5. The standard InChI is InChI=1S/C32H34N2O9S/c1-21-19-34(31(36)33-30(21)35)29-18-27(43-44(4,37)38)28(42-29)20-41-32(22-8-6-5-7-9-22,23-10-14-25(39-2)15-11-23)24-12-16-26(40-3)17-13-24/h5-17,19,27-29H,18,20H2,1-4H3,(H,33,35,36)/t27-,28-,29-/m1/s1. The molecule has 0 unspecified atom stereocenters. The summed E-state index contributed by atoms with van der Waals surface area (Å²) >= 11 is 0. The Hall–Kier alpha value is -4.23. The Bertz CT molecular complexity index is 1750. The lowest BCUT2D eigenvalue weighted by Gasteiger charge is -2.37. The number of nitrogens with zero attached hydrogens (tertiary/aromatic N) is 1. The van der Waals surface area contributed by atoms with Crippen molar-refractivity contribution in [3.05, 3.63) is 128 Å². The second-order valence-corrected chi connectivity index (χ2v) is 12.1. The van der Waals surface area contributed by atoms with Crippen LogP contribution in [-0.2, 0) is 29.4 Å². The molecule has 1 aliphatic rings. The van der Waals surface area contributed by atoms with Gasteiger partial charge >= 0.3 is 5.69 Å². The number of benzene rings is 3. The summed E-state index contributed by atoms with van der Waals surface area (Å²) in [5.41, 5.74) is 0.269. The average Bonchev–Trinajstić information content (AvgIpc) is 3.41. The van der Waals surface area contributed by atoms with Crippen LogP contribution in [0, 0.1) is 6.92 Å². The van der Waals surface area contributed by atoms with E-state index in [1.165, 1.54) is 10.8 Å². The van der Waals surface area contributed by atoms with Crippen molar-refractivity contribution in [1.82, 2.24) is 9.55 Å². The van der Waals surface area contributed by atoms with Gasteiger partial charge in [0.05, 0.1) is 27.1 Å². The van der Waals surface area contributed by atoms with Gasteiger partial charge in [-0.15, -0.1) is 0 Å². The largest absolute Gasteiger partial charge is 0.497 e. The lowest BCUT2D eigenvalue weighted by Crippen LogP contribution is -2.39. The molecule has 3 atom stereocenters. The fraction of sp³-hybridized carbons (Fsp3) is 0.312. The number of hydrogen-bond acceptors (Lipinski definition) is 9. The smallest absolute Gasteiger partial charge is 0.330 e. The van der Waals surface area contributed by atoms with Crippen molar-refractivity contribution in [2.24, 2.45) is 0 Å². The molecule has 44 heavy (non-hydrogen) atoms. The molecule has 0 spiro atoms. The van der Waals surface area contributed by atoms with Gasteiger partial charge in [0.25, 0.3) is 15.7 Å². The van der Waals surface area contributed by atoms with Gasteiger partial charge in [0.1, 0.15) is 35.5 Å². The van der Waals surface area contributed by atoms with Crippen LogP contribution >= 0.6 is 0 Å². The van der Waals surface area contributed by atoms with Crippen molar-refractivity contribution in [2.75, 3.05) is 27.1 Å². The molecule has 3 aromatic carbocycles. The molecular weight excluding hydrogens is 588 g/mol. The summed E-state index contributed by atoms with van der Waals surface area (Å²) in [5, 5.41) is 0. The van der Waals surface area contributed by atoms with Crippen LogP contribution in [-0.4, -0.2) is 57.3 Å². The molecule has 5 rings (SSSR count). The molecule has 0 saturated carbocycles. The Morgan fingerprint density at radius 3 is 1.95 bits per heavy atom. The summed E-state index contributed by atoms with van der Waals surface area (Å²) in [4.78, 5) is 26.9. The van der Waals surface area contributed by atoms with Gasteiger partial charge in [0.2, 0.25) is 0 Å². The maximum absolute atomic E-state index is 12.7. The number of rotatable bonds is 11. The summed E-state index contributed by atoms with van der Waals surface area (Å²) in [6.07, 6.45) is -0.433. The van der Waals surface area contributed by atoms with Gasteiger partial charge < -0.3 is 18.9 Å². The quantitative estimate of drug-likeness (QED) is 0.197. The predicted molar refractivity (Wildman–Crippen MR) is 163 cm³/mol. The number of nitrogens with one attached hydrogen (secondary N) is 1. The van der Waals surface area contributed by atoms with Gasteiger partial charge in [-0.1, -0.05) is 54.6 Å². The van der Waals surface area contributed by atoms with E-state index in [9.17, 15) is 18.0 Å². The Kier molecular flexibility index (Phi) is 9.07. The van der Waals surface area contributed by atoms with Crippen molar-refractivity contribution >= 4 is 10.1 Å². The van der Waals surface area contributed by atoms with Crippen LogP contribution in [0.15, 0.2) is 94.6 Å². The van der Waals surface area contributed by atoms with Crippen molar-refractivity contribution in [1.29, 1.82) is 0 Å². The number of ether oxygens (including phenoxy) is 4. The molecule has 2 heterocycles. The number of aryl methyl sites for hydroxylation is 1. The summed E-state index contributed by atoms with van der Waals surface area (Å²) in [7, 11) is -0.730. The second kappa shape index (κ2) is 12.8. The van der Waals surface area contributed by atoms with Crippen LogP contribution < -0.4 is 20.7 Å². The van der Waals surface area contributed by atoms with Crippen molar-refractivity contribution in [2.45, 2.75) is 37.4 Å². The maximum Gasteiger partial charge on any atom is 0.330 e. The van der Waals surface area contributed by atoms with E-state index < -0.39 is 45.4 Å². The topological polar surface area (TPSA) is 135 Å². The van der Waals surface area contributed by atoms with Crippen molar-refractivity contribution in [3.8, 4) is 11.5 Å². The molecule has 0 radical (unpaired) electrons. The molecule has 1 N–H and O–H groups in total. The molecule has 1 saturated heterocycles. The number of aromatic amines is 1. The first-order valence-corrected chi connectivity index (χ1v) is 15.7.